The zero-order valence-corrected chi connectivity index (χ0v) is 18.0. The van der Waals surface area contributed by atoms with Gasteiger partial charge in [0, 0.05) is 22.6 Å². The van der Waals surface area contributed by atoms with Crippen LogP contribution in [-0.4, -0.2) is 29.5 Å². The molecule has 0 bridgehead atoms. The number of para-hydroxylation sites is 2. The Hall–Kier alpha value is -2.88. The van der Waals surface area contributed by atoms with E-state index in [2.05, 4.69) is 4.98 Å². The van der Waals surface area contributed by atoms with Crippen molar-refractivity contribution in [2.24, 2.45) is 5.14 Å². The largest absolute Gasteiger partial charge is 0.431 e. The number of oxazole rings is 1. The van der Waals surface area contributed by atoms with Crippen LogP contribution >= 0.6 is 11.8 Å². The van der Waals surface area contributed by atoms with Crippen molar-refractivity contribution in [3.8, 4) is 5.69 Å². The molecule has 4 rings (SSSR count). The summed E-state index contributed by atoms with van der Waals surface area (Å²) in [5.74, 6) is 0.157. The quantitative estimate of drug-likeness (QED) is 0.360. The lowest BCUT2D eigenvalue weighted by Crippen LogP contribution is -2.12. The number of rotatable bonds is 6. The number of nitrogens with zero attached hydrogens (tertiary/aromatic N) is 2. The summed E-state index contributed by atoms with van der Waals surface area (Å²) in [5.41, 5.74) is 4.45. The van der Waals surface area contributed by atoms with E-state index < -0.39 is 10.0 Å². The fourth-order valence-corrected chi connectivity index (χ4v) is 4.58. The fourth-order valence-electron chi connectivity index (χ4n) is 3.35. The van der Waals surface area contributed by atoms with Gasteiger partial charge in [0.1, 0.15) is 5.52 Å². The maximum absolute atomic E-state index is 12.8. The Balaban J connectivity index is 1.55. The molecule has 7 nitrogen and oxygen atoms in total. The molecule has 2 N–H and O–H groups in total. The van der Waals surface area contributed by atoms with Gasteiger partial charge in [-0.2, -0.15) is 0 Å². The van der Waals surface area contributed by atoms with Gasteiger partial charge in [0.25, 0.3) is 5.22 Å². The van der Waals surface area contributed by atoms with Crippen LogP contribution in [0.5, 0.6) is 0 Å². The number of carbonyl (C=O) groups is 1. The molecule has 0 amide bonds. The van der Waals surface area contributed by atoms with Gasteiger partial charge in [-0.15, -0.1) is 0 Å². The second-order valence-corrected chi connectivity index (χ2v) is 9.31. The Kier molecular flexibility index (Phi) is 5.27. The normalized spacial score (nSPS) is 11.8. The first-order valence-corrected chi connectivity index (χ1v) is 11.6. The van der Waals surface area contributed by atoms with Gasteiger partial charge in [-0.25, -0.2) is 18.5 Å². The molecule has 2 aromatic heterocycles. The zero-order valence-electron chi connectivity index (χ0n) is 16.3. The van der Waals surface area contributed by atoms with Gasteiger partial charge in [0.2, 0.25) is 10.0 Å². The molecule has 0 spiro atoms. The number of aryl methyl sites for hydroxylation is 1. The molecule has 0 aliphatic rings. The summed E-state index contributed by atoms with van der Waals surface area (Å²) >= 11 is 1.26. The van der Waals surface area contributed by atoms with E-state index in [1.54, 1.807) is 12.1 Å². The third-order valence-corrected chi connectivity index (χ3v) is 6.51. The highest BCUT2D eigenvalue weighted by molar-refractivity contribution is 7.99. The molecule has 0 fully saturated rings. The number of thioether (sulfide) groups is 1. The monoisotopic (exact) mass is 441 g/mol. The molecule has 9 heteroatoms. The average Bonchev–Trinajstić information content (AvgIpc) is 3.25. The number of fused-ring (bicyclic) bond motifs is 1. The minimum absolute atomic E-state index is 0.0391. The third-order valence-electron chi connectivity index (χ3n) is 4.76. The Labute approximate surface area is 178 Å². The van der Waals surface area contributed by atoms with Crippen molar-refractivity contribution >= 4 is 38.7 Å². The maximum atomic E-state index is 12.8. The van der Waals surface area contributed by atoms with E-state index in [0.717, 1.165) is 22.6 Å². The van der Waals surface area contributed by atoms with Crippen LogP contribution in [0.3, 0.4) is 0 Å². The predicted octanol–water partition coefficient (Wildman–Crippen LogP) is 3.86. The SMILES string of the molecule is Cc1cc(C(=O)CSc2nc3ccccc3o2)c(C)n1-c1ccc(S(N)(=O)=O)cc1. The van der Waals surface area contributed by atoms with Crippen LogP contribution in [0, 0.1) is 13.8 Å². The lowest BCUT2D eigenvalue weighted by Gasteiger charge is -2.10. The number of primary sulfonamides is 1. The summed E-state index contributed by atoms with van der Waals surface area (Å²) in [4.78, 5) is 17.3. The van der Waals surface area contributed by atoms with Crippen LogP contribution in [0.2, 0.25) is 0 Å². The number of hydrogen-bond acceptors (Lipinski definition) is 6. The van der Waals surface area contributed by atoms with Gasteiger partial charge in [-0.3, -0.25) is 4.79 Å². The molecule has 0 saturated carbocycles. The van der Waals surface area contributed by atoms with E-state index in [0.29, 0.717) is 16.4 Å². The fraction of sp³-hybridized carbons (Fsp3) is 0.143. The van der Waals surface area contributed by atoms with E-state index in [1.807, 2.05) is 48.7 Å². The molecule has 2 aromatic carbocycles. The molecule has 0 atom stereocenters. The van der Waals surface area contributed by atoms with Crippen LogP contribution in [0.4, 0.5) is 0 Å². The number of ketones is 1. The van der Waals surface area contributed by atoms with Crippen molar-refractivity contribution in [3.63, 3.8) is 0 Å². The average molecular weight is 442 g/mol. The number of hydrogen-bond donors (Lipinski definition) is 1. The lowest BCUT2D eigenvalue weighted by molar-refractivity contribution is 0.102. The highest BCUT2D eigenvalue weighted by Gasteiger charge is 2.18. The lowest BCUT2D eigenvalue weighted by atomic mass is 10.2. The molecule has 154 valence electrons. The standard InChI is InChI=1S/C21H19N3O4S2/c1-13-11-17(14(2)24(13)15-7-9-16(10-8-15)30(22,26)27)19(25)12-29-21-23-18-5-3-4-6-20(18)28-21/h3-11H,12H2,1-2H3,(H2,22,26,27). The molecule has 0 aliphatic carbocycles. The molecule has 0 aliphatic heterocycles. The van der Waals surface area contributed by atoms with Gasteiger partial charge in [-0.1, -0.05) is 23.9 Å². The Morgan fingerprint density at radius 3 is 2.50 bits per heavy atom. The summed E-state index contributed by atoms with van der Waals surface area (Å²) in [6.45, 7) is 3.75. The van der Waals surface area contributed by atoms with Crippen molar-refractivity contribution in [1.82, 2.24) is 9.55 Å². The van der Waals surface area contributed by atoms with Crippen LogP contribution in [0.15, 0.2) is 69.1 Å². The highest BCUT2D eigenvalue weighted by atomic mass is 32.2. The highest BCUT2D eigenvalue weighted by Crippen LogP contribution is 2.26. The second kappa shape index (κ2) is 7.75. The van der Waals surface area contributed by atoms with Gasteiger partial charge in [-0.05, 0) is 56.3 Å². The topological polar surface area (TPSA) is 108 Å². The van der Waals surface area contributed by atoms with E-state index in [1.165, 1.54) is 23.9 Å². The molecule has 0 radical (unpaired) electrons. The zero-order chi connectivity index (χ0) is 21.5. The summed E-state index contributed by atoms with van der Waals surface area (Å²) in [7, 11) is -3.75. The van der Waals surface area contributed by atoms with Crippen LogP contribution in [0.25, 0.3) is 16.8 Å². The molecule has 2 heterocycles. The summed E-state index contributed by atoms with van der Waals surface area (Å²) in [5, 5.41) is 5.62. The van der Waals surface area contributed by atoms with Gasteiger partial charge in [0.15, 0.2) is 11.4 Å². The van der Waals surface area contributed by atoms with Crippen molar-refractivity contribution in [3.05, 3.63) is 71.5 Å². The number of Topliss-reactive ketones (excluding diaryl/α,β-unsaturated/α-hetero) is 1. The Bertz CT molecular complexity index is 1320. The number of aromatic nitrogens is 2. The van der Waals surface area contributed by atoms with Crippen molar-refractivity contribution in [2.45, 2.75) is 24.0 Å². The maximum Gasteiger partial charge on any atom is 0.257 e. The number of carbonyl (C=O) groups excluding carboxylic acids is 1. The predicted molar refractivity (Wildman–Crippen MR) is 116 cm³/mol. The first-order valence-electron chi connectivity index (χ1n) is 9.08. The number of sulfonamides is 1. The summed E-state index contributed by atoms with van der Waals surface area (Å²) in [6.07, 6.45) is 0. The number of nitrogens with two attached hydrogens (primary N) is 1. The first kappa shape index (κ1) is 20.4. The van der Waals surface area contributed by atoms with E-state index in [-0.39, 0.29) is 16.4 Å². The number of benzene rings is 2. The first-order chi connectivity index (χ1) is 14.2. The minimum Gasteiger partial charge on any atom is -0.431 e. The van der Waals surface area contributed by atoms with Gasteiger partial charge < -0.3 is 8.98 Å². The van der Waals surface area contributed by atoms with Crippen molar-refractivity contribution < 1.29 is 17.6 Å². The minimum atomic E-state index is -3.75. The van der Waals surface area contributed by atoms with E-state index in [4.69, 9.17) is 9.56 Å². The smallest absolute Gasteiger partial charge is 0.257 e. The van der Waals surface area contributed by atoms with Crippen molar-refractivity contribution in [1.29, 1.82) is 0 Å². The van der Waals surface area contributed by atoms with Gasteiger partial charge >= 0.3 is 0 Å². The second-order valence-electron chi connectivity index (χ2n) is 6.82. The summed E-state index contributed by atoms with van der Waals surface area (Å²) in [6, 6.07) is 15.5. The third kappa shape index (κ3) is 3.91. The van der Waals surface area contributed by atoms with Crippen molar-refractivity contribution in [2.75, 3.05) is 5.75 Å². The summed E-state index contributed by atoms with van der Waals surface area (Å²) < 4.78 is 30.5. The molecule has 0 saturated heterocycles. The van der Waals surface area contributed by atoms with Crippen LogP contribution in [-0.2, 0) is 10.0 Å². The van der Waals surface area contributed by atoms with E-state index >= 15 is 0 Å². The Morgan fingerprint density at radius 2 is 1.83 bits per heavy atom. The molecular weight excluding hydrogens is 422 g/mol. The molecule has 30 heavy (non-hydrogen) atoms. The van der Waals surface area contributed by atoms with Gasteiger partial charge in [0.05, 0.1) is 10.6 Å². The molecule has 4 aromatic rings. The van der Waals surface area contributed by atoms with E-state index in [9.17, 15) is 13.2 Å². The Morgan fingerprint density at radius 1 is 1.13 bits per heavy atom. The van der Waals surface area contributed by atoms with Crippen LogP contribution in [0.1, 0.15) is 21.7 Å². The van der Waals surface area contributed by atoms with Crippen LogP contribution < -0.4 is 5.14 Å². The molecule has 0 unspecified atom stereocenters. The molecular formula is C21H19N3O4S2.